The fourth-order valence-corrected chi connectivity index (χ4v) is 4.42. The Morgan fingerprint density at radius 2 is 1.66 bits per heavy atom. The van der Waals surface area contributed by atoms with Crippen molar-refractivity contribution in [3.8, 4) is 5.75 Å². The second-order valence-electron chi connectivity index (χ2n) is 7.78. The Kier molecular flexibility index (Phi) is 5.15. The lowest BCUT2D eigenvalue weighted by Crippen LogP contribution is -2.29. The number of amides is 3. The van der Waals surface area contributed by atoms with Crippen LogP contribution in [0.2, 0.25) is 5.02 Å². The summed E-state index contributed by atoms with van der Waals surface area (Å²) in [6.07, 6.45) is 3.28. The molecule has 0 bridgehead atoms. The number of carbonyl (C=O) groups excluding carboxylic acids is 3. The zero-order valence-electron chi connectivity index (χ0n) is 17.1. The van der Waals surface area contributed by atoms with Gasteiger partial charge >= 0.3 is 0 Å². The van der Waals surface area contributed by atoms with Crippen LogP contribution in [0.1, 0.15) is 38.3 Å². The first-order chi connectivity index (χ1) is 15.5. The van der Waals surface area contributed by atoms with Gasteiger partial charge in [0.15, 0.2) is 6.61 Å². The van der Waals surface area contributed by atoms with Crippen molar-refractivity contribution < 1.29 is 19.1 Å². The van der Waals surface area contributed by atoms with Gasteiger partial charge in [-0.2, -0.15) is 0 Å². The van der Waals surface area contributed by atoms with E-state index in [9.17, 15) is 14.4 Å². The van der Waals surface area contributed by atoms with Crippen LogP contribution in [0.3, 0.4) is 0 Å². The Labute approximate surface area is 189 Å². The van der Waals surface area contributed by atoms with Gasteiger partial charge in [0.05, 0.1) is 21.8 Å². The van der Waals surface area contributed by atoms with Gasteiger partial charge in [-0.1, -0.05) is 29.8 Å². The van der Waals surface area contributed by atoms with E-state index in [-0.39, 0.29) is 23.2 Å². The van der Waals surface area contributed by atoms with Crippen molar-refractivity contribution in [3.05, 3.63) is 87.9 Å². The molecule has 0 unspecified atom stereocenters. The molecule has 6 nitrogen and oxygen atoms in total. The van der Waals surface area contributed by atoms with Crippen LogP contribution >= 0.6 is 11.6 Å². The minimum Gasteiger partial charge on any atom is -0.484 e. The van der Waals surface area contributed by atoms with Gasteiger partial charge in [0.2, 0.25) is 0 Å². The highest BCUT2D eigenvalue weighted by atomic mass is 35.5. The molecule has 3 amide bonds. The smallest absolute Gasteiger partial charge is 0.266 e. The Balaban J connectivity index is 1.25. The average molecular weight is 447 g/mol. The summed E-state index contributed by atoms with van der Waals surface area (Å²) in [5, 5.41) is 2.90. The SMILES string of the molecule is O=C(COc1ccc2c(c1)CCC2)Nc1ccc(N2C(=O)c3ccccc3C2=O)c(Cl)c1. The summed E-state index contributed by atoms with van der Waals surface area (Å²) < 4.78 is 5.62. The number of ether oxygens (including phenoxy) is 1. The summed E-state index contributed by atoms with van der Waals surface area (Å²) in [6, 6.07) is 17.2. The Hall–Kier alpha value is -3.64. The van der Waals surface area contributed by atoms with Gasteiger partial charge in [-0.25, -0.2) is 4.90 Å². The number of fused-ring (bicyclic) bond motifs is 2. The van der Waals surface area contributed by atoms with E-state index in [4.69, 9.17) is 16.3 Å². The van der Waals surface area contributed by atoms with Gasteiger partial charge in [-0.15, -0.1) is 0 Å². The maximum Gasteiger partial charge on any atom is 0.266 e. The van der Waals surface area contributed by atoms with Gasteiger partial charge in [-0.05, 0) is 72.9 Å². The van der Waals surface area contributed by atoms with Gasteiger partial charge < -0.3 is 10.1 Å². The molecule has 1 aliphatic heterocycles. The van der Waals surface area contributed by atoms with Crippen LogP contribution in [-0.4, -0.2) is 24.3 Å². The summed E-state index contributed by atoms with van der Waals surface area (Å²) in [5.74, 6) is -0.520. The van der Waals surface area contributed by atoms with E-state index >= 15 is 0 Å². The number of imide groups is 1. The summed E-state index contributed by atoms with van der Waals surface area (Å²) in [4.78, 5) is 38.7. The molecule has 2 aliphatic rings. The number of anilines is 2. The van der Waals surface area contributed by atoms with Crippen LogP contribution in [0.25, 0.3) is 0 Å². The number of carbonyl (C=O) groups is 3. The zero-order valence-corrected chi connectivity index (χ0v) is 17.8. The third-order valence-corrected chi connectivity index (χ3v) is 6.01. The molecule has 160 valence electrons. The number of halogens is 1. The molecule has 0 atom stereocenters. The fourth-order valence-electron chi connectivity index (χ4n) is 4.16. The Morgan fingerprint density at radius 3 is 2.38 bits per heavy atom. The molecule has 1 N–H and O–H groups in total. The molecule has 32 heavy (non-hydrogen) atoms. The maximum absolute atomic E-state index is 12.7. The predicted octanol–water partition coefficient (Wildman–Crippen LogP) is 4.65. The highest BCUT2D eigenvalue weighted by molar-refractivity contribution is 6.40. The minimum atomic E-state index is -0.424. The van der Waals surface area contributed by atoms with Crippen molar-refractivity contribution in [2.45, 2.75) is 19.3 Å². The van der Waals surface area contributed by atoms with Crippen LogP contribution in [0.5, 0.6) is 5.75 Å². The highest BCUT2D eigenvalue weighted by Gasteiger charge is 2.37. The molecular weight excluding hydrogens is 428 g/mol. The van der Waals surface area contributed by atoms with Crippen LogP contribution < -0.4 is 15.0 Å². The molecule has 1 aliphatic carbocycles. The second-order valence-corrected chi connectivity index (χ2v) is 8.19. The van der Waals surface area contributed by atoms with E-state index in [1.165, 1.54) is 17.2 Å². The van der Waals surface area contributed by atoms with E-state index in [2.05, 4.69) is 5.32 Å². The van der Waals surface area contributed by atoms with Crippen LogP contribution in [0.15, 0.2) is 60.7 Å². The molecule has 0 fully saturated rings. The first-order valence-corrected chi connectivity index (χ1v) is 10.7. The molecule has 0 aromatic heterocycles. The molecule has 0 radical (unpaired) electrons. The topological polar surface area (TPSA) is 75.7 Å². The van der Waals surface area contributed by atoms with Crippen molar-refractivity contribution >= 4 is 40.7 Å². The van der Waals surface area contributed by atoms with Gasteiger partial charge in [0.25, 0.3) is 17.7 Å². The molecule has 5 rings (SSSR count). The maximum atomic E-state index is 12.7. The number of benzene rings is 3. The molecule has 1 heterocycles. The van der Waals surface area contributed by atoms with Crippen molar-refractivity contribution in [1.29, 1.82) is 0 Å². The molecule has 0 saturated carbocycles. The molecule has 0 saturated heterocycles. The Morgan fingerprint density at radius 1 is 0.938 bits per heavy atom. The minimum absolute atomic E-state index is 0.142. The molecular formula is C25H19ClN2O4. The van der Waals surface area contributed by atoms with Gasteiger partial charge in [-0.3, -0.25) is 14.4 Å². The number of rotatable bonds is 5. The van der Waals surface area contributed by atoms with Gasteiger partial charge in [0, 0.05) is 5.69 Å². The molecule has 0 spiro atoms. The van der Waals surface area contributed by atoms with E-state index in [0.717, 1.165) is 24.2 Å². The number of hydrogen-bond acceptors (Lipinski definition) is 4. The molecule has 7 heteroatoms. The number of hydrogen-bond donors (Lipinski definition) is 1. The lowest BCUT2D eigenvalue weighted by Gasteiger charge is -2.16. The number of nitrogens with zero attached hydrogens (tertiary/aromatic N) is 1. The third-order valence-electron chi connectivity index (χ3n) is 5.71. The Bertz CT molecular complexity index is 1240. The quantitative estimate of drug-likeness (QED) is 0.579. The van der Waals surface area contributed by atoms with Crippen molar-refractivity contribution in [2.75, 3.05) is 16.8 Å². The van der Waals surface area contributed by atoms with Crippen molar-refractivity contribution in [3.63, 3.8) is 0 Å². The van der Waals surface area contributed by atoms with E-state index in [1.54, 1.807) is 36.4 Å². The second kappa shape index (κ2) is 8.13. The number of nitrogens with one attached hydrogen (secondary N) is 1. The highest BCUT2D eigenvalue weighted by Crippen LogP contribution is 2.35. The lowest BCUT2D eigenvalue weighted by molar-refractivity contribution is -0.118. The first-order valence-electron chi connectivity index (χ1n) is 10.3. The largest absolute Gasteiger partial charge is 0.484 e. The standard InChI is InChI=1S/C25H19ClN2O4/c26-21-13-17(27-23(29)14-32-18-10-8-15-4-3-5-16(15)12-18)9-11-22(21)28-24(30)19-6-1-2-7-20(19)25(28)31/h1-2,6-13H,3-5,14H2,(H,27,29). The van der Waals surface area contributed by atoms with Crippen molar-refractivity contribution in [2.24, 2.45) is 0 Å². The summed E-state index contributed by atoms with van der Waals surface area (Å²) >= 11 is 6.36. The van der Waals surface area contributed by atoms with Crippen LogP contribution in [-0.2, 0) is 17.6 Å². The van der Waals surface area contributed by atoms with E-state index < -0.39 is 11.8 Å². The van der Waals surface area contributed by atoms with E-state index in [0.29, 0.717) is 22.6 Å². The zero-order chi connectivity index (χ0) is 22.2. The van der Waals surface area contributed by atoms with Crippen LogP contribution in [0, 0.1) is 0 Å². The number of aryl methyl sites for hydroxylation is 2. The first kappa shape index (κ1) is 20.3. The third kappa shape index (κ3) is 3.63. The van der Waals surface area contributed by atoms with E-state index in [1.807, 2.05) is 18.2 Å². The monoisotopic (exact) mass is 446 g/mol. The van der Waals surface area contributed by atoms with Gasteiger partial charge in [0.1, 0.15) is 5.75 Å². The van der Waals surface area contributed by atoms with Crippen molar-refractivity contribution in [1.82, 2.24) is 0 Å². The fraction of sp³-hybridized carbons (Fsp3) is 0.160. The normalized spacial score (nSPS) is 14.3. The molecule has 3 aromatic carbocycles. The van der Waals surface area contributed by atoms with Crippen LogP contribution in [0.4, 0.5) is 11.4 Å². The predicted molar refractivity (Wildman–Crippen MR) is 122 cm³/mol. The molecule has 3 aromatic rings. The lowest BCUT2D eigenvalue weighted by atomic mass is 10.1. The average Bonchev–Trinajstić information content (AvgIpc) is 3.36. The summed E-state index contributed by atoms with van der Waals surface area (Å²) in [7, 11) is 0. The summed E-state index contributed by atoms with van der Waals surface area (Å²) in [5.41, 5.74) is 4.01. The summed E-state index contributed by atoms with van der Waals surface area (Å²) in [6.45, 7) is -0.142.